The van der Waals surface area contributed by atoms with Crippen LogP contribution in [0.2, 0.25) is 0 Å². The van der Waals surface area contributed by atoms with Crippen LogP contribution in [0.15, 0.2) is 59.6 Å². The van der Waals surface area contributed by atoms with Crippen LogP contribution in [0.25, 0.3) is 5.57 Å². The maximum Gasteiger partial charge on any atom is 0.257 e. The first-order valence-electron chi connectivity index (χ1n) is 12.7. The third-order valence-electron chi connectivity index (χ3n) is 7.28. The molecular formula is C29H29N5O2S. The van der Waals surface area contributed by atoms with Crippen molar-refractivity contribution in [3.05, 3.63) is 87.4 Å². The molecule has 1 saturated heterocycles. The molecule has 0 spiro atoms. The van der Waals surface area contributed by atoms with E-state index in [1.807, 2.05) is 59.6 Å². The number of fused-ring (bicyclic) bond motifs is 1. The molecule has 3 aliphatic rings. The summed E-state index contributed by atoms with van der Waals surface area (Å²) < 4.78 is 0. The van der Waals surface area contributed by atoms with Crippen LogP contribution in [-0.2, 0) is 13.0 Å². The Morgan fingerprint density at radius 3 is 2.81 bits per heavy atom. The Kier molecular flexibility index (Phi) is 6.44. The quantitative estimate of drug-likeness (QED) is 0.532. The molecule has 6 rings (SSSR count). The summed E-state index contributed by atoms with van der Waals surface area (Å²) in [6.45, 7) is 3.25. The lowest BCUT2D eigenvalue weighted by molar-refractivity contribution is 0.0735. The minimum atomic E-state index is -0.170. The van der Waals surface area contributed by atoms with Gasteiger partial charge in [-0.1, -0.05) is 30.3 Å². The fourth-order valence-electron chi connectivity index (χ4n) is 5.33. The first-order chi connectivity index (χ1) is 18.0. The molecule has 4 heterocycles. The zero-order valence-electron chi connectivity index (χ0n) is 20.8. The van der Waals surface area contributed by atoms with E-state index >= 15 is 0 Å². The number of carbonyl (C=O) groups is 2. The molecule has 2 aromatic carbocycles. The van der Waals surface area contributed by atoms with Crippen molar-refractivity contribution < 1.29 is 9.59 Å². The maximum atomic E-state index is 13.6. The molecule has 0 saturated carbocycles. The number of benzene rings is 2. The number of amides is 2. The van der Waals surface area contributed by atoms with E-state index in [0.717, 1.165) is 54.7 Å². The Balaban J connectivity index is 1.19. The van der Waals surface area contributed by atoms with Gasteiger partial charge in [-0.25, -0.2) is 4.98 Å². The average molecular weight is 512 g/mol. The van der Waals surface area contributed by atoms with Crippen LogP contribution < -0.4 is 5.32 Å². The molecule has 0 aliphatic carbocycles. The normalized spacial score (nSPS) is 19.1. The number of aromatic nitrogens is 1. The standard InChI is InChI=1S/C29H29N5O2S/c1-33-14-11-24-26(18-33)37-29(31-24)32-27(35)21-7-3-6-20(16-21)25-9-4-13-34(25)28(36)22-8-2-5-19(15-22)23-10-12-30-17-23/h2-3,5-8,10,15-17,25H,4,9,11-14,18H2,1H3,(H,31,32,35)/t25-/m1/s1. The van der Waals surface area contributed by atoms with Crippen LogP contribution in [0.4, 0.5) is 5.13 Å². The van der Waals surface area contributed by atoms with Gasteiger partial charge in [-0.3, -0.25) is 19.9 Å². The lowest BCUT2D eigenvalue weighted by atomic mass is 10.00. The SMILES string of the molecule is CN1CCc2nc(NC(=O)c3cccc([C@H]4CCCN4C(=O)c4cccc(C5=CCN=C5)c4)c3)sc2C1. The van der Waals surface area contributed by atoms with E-state index in [-0.39, 0.29) is 17.9 Å². The van der Waals surface area contributed by atoms with Gasteiger partial charge in [0.25, 0.3) is 11.8 Å². The van der Waals surface area contributed by atoms with Gasteiger partial charge >= 0.3 is 0 Å². The van der Waals surface area contributed by atoms with Gasteiger partial charge in [0.05, 0.1) is 18.3 Å². The number of nitrogens with zero attached hydrogens (tertiary/aromatic N) is 4. The molecule has 7 nitrogen and oxygen atoms in total. The molecule has 2 amide bonds. The molecule has 188 valence electrons. The minimum Gasteiger partial charge on any atom is -0.332 e. The van der Waals surface area contributed by atoms with E-state index in [9.17, 15) is 9.59 Å². The topological polar surface area (TPSA) is 77.9 Å². The number of likely N-dealkylation sites (N-methyl/N-ethyl adjacent to an activating group) is 1. The number of hydrogen-bond donors (Lipinski definition) is 1. The van der Waals surface area contributed by atoms with E-state index in [1.165, 1.54) is 4.88 Å². The second-order valence-corrected chi connectivity index (χ2v) is 10.9. The summed E-state index contributed by atoms with van der Waals surface area (Å²) in [5, 5.41) is 3.64. The van der Waals surface area contributed by atoms with Crippen molar-refractivity contribution in [2.75, 3.05) is 32.0 Å². The number of hydrogen-bond acceptors (Lipinski definition) is 6. The molecule has 1 aromatic heterocycles. The summed E-state index contributed by atoms with van der Waals surface area (Å²) in [4.78, 5) is 41.0. The molecule has 0 bridgehead atoms. The molecule has 1 atom stereocenters. The largest absolute Gasteiger partial charge is 0.332 e. The second kappa shape index (κ2) is 10.0. The number of allylic oxidation sites excluding steroid dienone is 1. The predicted octanol–water partition coefficient (Wildman–Crippen LogP) is 4.83. The van der Waals surface area contributed by atoms with E-state index in [2.05, 4.69) is 33.3 Å². The molecule has 0 unspecified atom stereocenters. The number of rotatable bonds is 5. The summed E-state index contributed by atoms with van der Waals surface area (Å²) in [5.74, 6) is -0.149. The van der Waals surface area contributed by atoms with E-state index in [0.29, 0.717) is 29.3 Å². The number of carbonyl (C=O) groups excluding carboxylic acids is 2. The number of aliphatic imine (C=N–C) groups is 1. The van der Waals surface area contributed by atoms with Crippen molar-refractivity contribution in [3.8, 4) is 0 Å². The van der Waals surface area contributed by atoms with Gasteiger partial charge in [-0.15, -0.1) is 11.3 Å². The smallest absolute Gasteiger partial charge is 0.257 e. The van der Waals surface area contributed by atoms with Crippen LogP contribution in [-0.4, -0.2) is 59.5 Å². The van der Waals surface area contributed by atoms with Crippen LogP contribution in [0.1, 0.15) is 61.3 Å². The third kappa shape index (κ3) is 4.86. The van der Waals surface area contributed by atoms with Crippen molar-refractivity contribution in [2.45, 2.75) is 31.8 Å². The first-order valence-corrected chi connectivity index (χ1v) is 13.6. The van der Waals surface area contributed by atoms with Crippen molar-refractivity contribution >= 4 is 40.1 Å². The lowest BCUT2D eigenvalue weighted by Gasteiger charge is -2.26. The zero-order chi connectivity index (χ0) is 25.4. The molecule has 3 aromatic rings. The van der Waals surface area contributed by atoms with Gasteiger partial charge in [0, 0.05) is 48.3 Å². The summed E-state index contributed by atoms with van der Waals surface area (Å²) in [7, 11) is 2.10. The number of thiazole rings is 1. The highest BCUT2D eigenvalue weighted by Crippen LogP contribution is 2.34. The Morgan fingerprint density at radius 1 is 1.08 bits per heavy atom. The second-order valence-electron chi connectivity index (χ2n) is 9.85. The fourth-order valence-corrected chi connectivity index (χ4v) is 6.42. The predicted molar refractivity (Wildman–Crippen MR) is 147 cm³/mol. The van der Waals surface area contributed by atoms with Gasteiger partial charge in [0.15, 0.2) is 5.13 Å². The van der Waals surface area contributed by atoms with Gasteiger partial charge in [0.1, 0.15) is 0 Å². The van der Waals surface area contributed by atoms with Crippen LogP contribution >= 0.6 is 11.3 Å². The van der Waals surface area contributed by atoms with Gasteiger partial charge in [-0.05, 0) is 60.9 Å². The summed E-state index contributed by atoms with van der Waals surface area (Å²) in [6, 6.07) is 15.4. The molecular weight excluding hydrogens is 482 g/mol. The van der Waals surface area contributed by atoms with Crippen molar-refractivity contribution in [1.29, 1.82) is 0 Å². The molecule has 1 fully saturated rings. The molecule has 3 aliphatic heterocycles. The Hall–Kier alpha value is -3.62. The van der Waals surface area contributed by atoms with Crippen LogP contribution in [0.3, 0.4) is 0 Å². The molecule has 0 radical (unpaired) electrons. The number of nitrogens with one attached hydrogen (secondary N) is 1. The molecule has 37 heavy (non-hydrogen) atoms. The zero-order valence-corrected chi connectivity index (χ0v) is 21.6. The Labute approximate surface area is 220 Å². The van der Waals surface area contributed by atoms with Gasteiger partial charge in [-0.2, -0.15) is 0 Å². The summed E-state index contributed by atoms with van der Waals surface area (Å²) >= 11 is 1.55. The van der Waals surface area contributed by atoms with Crippen molar-refractivity contribution in [2.24, 2.45) is 4.99 Å². The van der Waals surface area contributed by atoms with Crippen LogP contribution in [0.5, 0.6) is 0 Å². The molecule has 8 heteroatoms. The maximum absolute atomic E-state index is 13.6. The first kappa shape index (κ1) is 23.8. The highest BCUT2D eigenvalue weighted by molar-refractivity contribution is 7.15. The third-order valence-corrected chi connectivity index (χ3v) is 8.28. The Morgan fingerprint density at radius 2 is 1.95 bits per heavy atom. The van der Waals surface area contributed by atoms with E-state index < -0.39 is 0 Å². The van der Waals surface area contributed by atoms with Gasteiger partial charge in [0.2, 0.25) is 0 Å². The monoisotopic (exact) mass is 511 g/mol. The minimum absolute atomic E-state index is 0.0214. The average Bonchev–Trinajstić information content (AvgIpc) is 3.69. The number of anilines is 1. The fraction of sp³-hybridized carbons (Fsp3) is 0.310. The highest BCUT2D eigenvalue weighted by atomic mass is 32.1. The summed E-state index contributed by atoms with van der Waals surface area (Å²) in [5.41, 5.74) is 5.40. The number of likely N-dealkylation sites (tertiary alicyclic amines) is 1. The Bertz CT molecular complexity index is 1430. The van der Waals surface area contributed by atoms with Crippen LogP contribution in [0, 0.1) is 0 Å². The van der Waals surface area contributed by atoms with E-state index in [1.54, 1.807) is 11.3 Å². The van der Waals surface area contributed by atoms with Crippen molar-refractivity contribution in [1.82, 2.24) is 14.8 Å². The highest BCUT2D eigenvalue weighted by Gasteiger charge is 2.31. The van der Waals surface area contributed by atoms with Gasteiger partial charge < -0.3 is 9.80 Å². The van der Waals surface area contributed by atoms with E-state index in [4.69, 9.17) is 0 Å². The summed E-state index contributed by atoms with van der Waals surface area (Å²) in [6.07, 6.45) is 6.65. The molecule has 1 N–H and O–H groups in total. The lowest BCUT2D eigenvalue weighted by Crippen LogP contribution is -2.30. The van der Waals surface area contributed by atoms with Crippen molar-refractivity contribution in [3.63, 3.8) is 0 Å².